The number of nitrogens with two attached hydrogens (primary N) is 1. The summed E-state index contributed by atoms with van der Waals surface area (Å²) in [6.07, 6.45) is 2.11. The SMILES string of the molecule is CCCC(N)C(C)CC(=O)O. The molecule has 0 aliphatic carbocycles. The Hall–Kier alpha value is -0.570. The van der Waals surface area contributed by atoms with E-state index in [0.717, 1.165) is 12.8 Å². The van der Waals surface area contributed by atoms with E-state index in [0.29, 0.717) is 0 Å². The zero-order chi connectivity index (χ0) is 8.85. The van der Waals surface area contributed by atoms with Crippen molar-refractivity contribution in [3.8, 4) is 0 Å². The van der Waals surface area contributed by atoms with Crippen LogP contribution in [0.4, 0.5) is 0 Å². The van der Waals surface area contributed by atoms with Crippen LogP contribution in [0.25, 0.3) is 0 Å². The first-order valence-corrected chi connectivity index (χ1v) is 4.05. The molecule has 0 aromatic heterocycles. The molecule has 0 saturated heterocycles. The van der Waals surface area contributed by atoms with Crippen molar-refractivity contribution < 1.29 is 9.90 Å². The minimum absolute atomic E-state index is 0.0381. The van der Waals surface area contributed by atoms with Crippen molar-refractivity contribution in [1.82, 2.24) is 0 Å². The van der Waals surface area contributed by atoms with Gasteiger partial charge in [0.1, 0.15) is 0 Å². The number of hydrogen-bond acceptors (Lipinski definition) is 2. The van der Waals surface area contributed by atoms with Crippen LogP contribution in [0, 0.1) is 5.92 Å². The van der Waals surface area contributed by atoms with Gasteiger partial charge < -0.3 is 10.8 Å². The highest BCUT2D eigenvalue weighted by molar-refractivity contribution is 5.67. The van der Waals surface area contributed by atoms with E-state index in [-0.39, 0.29) is 18.4 Å². The normalized spacial score (nSPS) is 15.9. The number of carbonyl (C=O) groups is 1. The molecule has 0 heterocycles. The fraction of sp³-hybridized carbons (Fsp3) is 0.875. The molecule has 2 atom stereocenters. The van der Waals surface area contributed by atoms with Crippen molar-refractivity contribution in [3.63, 3.8) is 0 Å². The second-order valence-electron chi connectivity index (χ2n) is 3.03. The lowest BCUT2D eigenvalue weighted by atomic mass is 9.96. The van der Waals surface area contributed by atoms with E-state index >= 15 is 0 Å². The highest BCUT2D eigenvalue weighted by Gasteiger charge is 2.14. The molecule has 0 aromatic rings. The van der Waals surface area contributed by atoms with Crippen LogP contribution in [0.1, 0.15) is 33.1 Å². The molecule has 0 saturated carbocycles. The Morgan fingerprint density at radius 2 is 2.18 bits per heavy atom. The van der Waals surface area contributed by atoms with Crippen molar-refractivity contribution in [2.45, 2.75) is 39.2 Å². The van der Waals surface area contributed by atoms with Gasteiger partial charge in [0.15, 0.2) is 0 Å². The molecule has 3 nitrogen and oxygen atoms in total. The smallest absolute Gasteiger partial charge is 0.303 e. The maximum Gasteiger partial charge on any atom is 0.303 e. The van der Waals surface area contributed by atoms with Gasteiger partial charge in [-0.3, -0.25) is 4.79 Å². The topological polar surface area (TPSA) is 63.3 Å². The van der Waals surface area contributed by atoms with Crippen molar-refractivity contribution in [1.29, 1.82) is 0 Å². The summed E-state index contributed by atoms with van der Waals surface area (Å²) in [4.78, 5) is 10.3. The van der Waals surface area contributed by atoms with E-state index in [9.17, 15) is 4.79 Å². The second-order valence-corrected chi connectivity index (χ2v) is 3.03. The number of carboxylic acid groups (broad SMARTS) is 1. The third-order valence-corrected chi connectivity index (χ3v) is 1.85. The molecule has 0 rings (SSSR count). The molecule has 3 N–H and O–H groups in total. The lowest BCUT2D eigenvalue weighted by molar-refractivity contribution is -0.138. The average Bonchev–Trinajstić information content (AvgIpc) is 1.86. The first kappa shape index (κ1) is 10.4. The second kappa shape index (κ2) is 5.13. The highest BCUT2D eigenvalue weighted by atomic mass is 16.4. The molecular weight excluding hydrogens is 142 g/mol. The van der Waals surface area contributed by atoms with Gasteiger partial charge in [0, 0.05) is 12.5 Å². The van der Waals surface area contributed by atoms with Crippen LogP contribution in [0.5, 0.6) is 0 Å². The zero-order valence-electron chi connectivity index (χ0n) is 7.21. The molecule has 11 heavy (non-hydrogen) atoms. The summed E-state index contributed by atoms with van der Waals surface area (Å²) >= 11 is 0. The van der Waals surface area contributed by atoms with Gasteiger partial charge in [-0.2, -0.15) is 0 Å². The Morgan fingerprint density at radius 1 is 1.64 bits per heavy atom. The van der Waals surface area contributed by atoms with Crippen LogP contribution < -0.4 is 5.73 Å². The van der Waals surface area contributed by atoms with Gasteiger partial charge >= 0.3 is 5.97 Å². The molecule has 0 aromatic carbocycles. The van der Waals surface area contributed by atoms with Gasteiger partial charge in [-0.1, -0.05) is 20.3 Å². The van der Waals surface area contributed by atoms with Gasteiger partial charge in [-0.15, -0.1) is 0 Å². The Balaban J connectivity index is 3.63. The van der Waals surface area contributed by atoms with Crippen LogP contribution >= 0.6 is 0 Å². The molecular formula is C8H17NO2. The summed E-state index contributed by atoms with van der Waals surface area (Å²) in [7, 11) is 0. The Morgan fingerprint density at radius 3 is 2.55 bits per heavy atom. The fourth-order valence-corrected chi connectivity index (χ4v) is 1.04. The van der Waals surface area contributed by atoms with Crippen molar-refractivity contribution in [3.05, 3.63) is 0 Å². The fourth-order valence-electron chi connectivity index (χ4n) is 1.04. The molecule has 0 aliphatic heterocycles. The lowest BCUT2D eigenvalue weighted by Gasteiger charge is -2.16. The van der Waals surface area contributed by atoms with Gasteiger partial charge in [-0.25, -0.2) is 0 Å². The third-order valence-electron chi connectivity index (χ3n) is 1.85. The molecule has 0 amide bonds. The lowest BCUT2D eigenvalue weighted by Crippen LogP contribution is -2.29. The van der Waals surface area contributed by atoms with Crippen molar-refractivity contribution in [2.75, 3.05) is 0 Å². The predicted octanol–water partition coefficient (Wildman–Crippen LogP) is 1.22. The molecule has 2 unspecified atom stereocenters. The van der Waals surface area contributed by atoms with E-state index in [1.165, 1.54) is 0 Å². The van der Waals surface area contributed by atoms with Crippen LogP contribution in [0.2, 0.25) is 0 Å². The summed E-state index contributed by atoms with van der Waals surface area (Å²) in [6.45, 7) is 3.93. The third kappa shape index (κ3) is 4.79. The molecule has 66 valence electrons. The van der Waals surface area contributed by atoms with E-state index in [1.54, 1.807) is 0 Å². The quantitative estimate of drug-likeness (QED) is 0.634. The van der Waals surface area contributed by atoms with Crippen LogP contribution in [0.3, 0.4) is 0 Å². The Labute approximate surface area is 67.6 Å². The standard InChI is InChI=1S/C8H17NO2/c1-3-4-7(9)6(2)5-8(10)11/h6-7H,3-5,9H2,1-2H3,(H,10,11). The maximum atomic E-state index is 10.3. The molecule has 0 fully saturated rings. The molecule has 3 heteroatoms. The van der Waals surface area contributed by atoms with Crippen LogP contribution in [0.15, 0.2) is 0 Å². The molecule has 0 radical (unpaired) electrons. The predicted molar refractivity (Wildman–Crippen MR) is 44.3 cm³/mol. The monoisotopic (exact) mass is 159 g/mol. The summed E-state index contributed by atoms with van der Waals surface area (Å²) in [6, 6.07) is 0.0381. The summed E-state index contributed by atoms with van der Waals surface area (Å²) < 4.78 is 0. The van der Waals surface area contributed by atoms with Gasteiger partial charge in [0.2, 0.25) is 0 Å². The largest absolute Gasteiger partial charge is 0.481 e. The zero-order valence-corrected chi connectivity index (χ0v) is 7.21. The van der Waals surface area contributed by atoms with Gasteiger partial charge in [0.25, 0.3) is 0 Å². The summed E-state index contributed by atoms with van der Waals surface area (Å²) in [5, 5.41) is 8.45. The van der Waals surface area contributed by atoms with E-state index in [1.807, 2.05) is 13.8 Å². The van der Waals surface area contributed by atoms with Crippen LogP contribution in [-0.4, -0.2) is 17.1 Å². The summed E-state index contributed by atoms with van der Waals surface area (Å²) in [5.41, 5.74) is 5.71. The van der Waals surface area contributed by atoms with Crippen molar-refractivity contribution >= 4 is 5.97 Å². The Bertz CT molecular complexity index is 125. The number of aliphatic carboxylic acids is 1. The van der Waals surface area contributed by atoms with Crippen molar-refractivity contribution in [2.24, 2.45) is 11.7 Å². The van der Waals surface area contributed by atoms with Gasteiger partial charge in [-0.05, 0) is 12.3 Å². The van der Waals surface area contributed by atoms with E-state index < -0.39 is 5.97 Å². The highest BCUT2D eigenvalue weighted by Crippen LogP contribution is 2.10. The van der Waals surface area contributed by atoms with Crippen LogP contribution in [-0.2, 0) is 4.79 Å². The summed E-state index contributed by atoms with van der Waals surface area (Å²) in [5.74, 6) is -0.670. The first-order valence-electron chi connectivity index (χ1n) is 4.05. The van der Waals surface area contributed by atoms with Gasteiger partial charge in [0.05, 0.1) is 0 Å². The average molecular weight is 159 g/mol. The molecule has 0 spiro atoms. The number of hydrogen-bond donors (Lipinski definition) is 2. The maximum absolute atomic E-state index is 10.3. The minimum atomic E-state index is -0.760. The van der Waals surface area contributed by atoms with E-state index in [4.69, 9.17) is 10.8 Å². The Kier molecular flexibility index (Phi) is 4.86. The number of carboxylic acids is 1. The van der Waals surface area contributed by atoms with E-state index in [2.05, 4.69) is 0 Å². The first-order chi connectivity index (χ1) is 5.07. The number of rotatable bonds is 5. The minimum Gasteiger partial charge on any atom is -0.481 e. The molecule has 0 bridgehead atoms. The molecule has 0 aliphatic rings.